The van der Waals surface area contributed by atoms with E-state index >= 15 is 0 Å². The summed E-state index contributed by atoms with van der Waals surface area (Å²) in [6, 6.07) is 8.46. The van der Waals surface area contributed by atoms with Crippen LogP contribution in [0.1, 0.15) is 5.56 Å². The van der Waals surface area contributed by atoms with Gasteiger partial charge in [0, 0.05) is 19.3 Å². The second kappa shape index (κ2) is 6.03. The predicted octanol–water partition coefficient (Wildman–Crippen LogP) is 1.37. The van der Waals surface area contributed by atoms with Crippen molar-refractivity contribution in [1.29, 1.82) is 0 Å². The van der Waals surface area contributed by atoms with E-state index in [-0.39, 0.29) is 6.61 Å². The number of carbonyl (C=O) groups is 1. The fraction of sp³-hybridized carbons (Fsp3) is 0.364. The summed E-state index contributed by atoms with van der Waals surface area (Å²) in [7, 11) is 1.34. The van der Waals surface area contributed by atoms with Crippen molar-refractivity contribution in [3.8, 4) is 0 Å². The van der Waals surface area contributed by atoms with Gasteiger partial charge in [0.25, 0.3) is 0 Å². The highest BCUT2D eigenvalue weighted by molar-refractivity contribution is 5.67. The van der Waals surface area contributed by atoms with Crippen LogP contribution in [0.3, 0.4) is 0 Å². The molecule has 1 aliphatic rings. The molecular weight excluding hydrogens is 194 g/mol. The number of rotatable bonds is 2. The first-order valence-electron chi connectivity index (χ1n) is 4.76. The van der Waals surface area contributed by atoms with E-state index in [2.05, 4.69) is 34.3 Å². The molecule has 0 radical (unpaired) electrons. The van der Waals surface area contributed by atoms with Crippen LogP contribution >= 0.6 is 0 Å². The second-order valence-corrected chi connectivity index (χ2v) is 3.16. The van der Waals surface area contributed by atoms with Gasteiger partial charge in [0.15, 0.2) is 0 Å². The van der Waals surface area contributed by atoms with E-state index in [1.165, 1.54) is 24.8 Å². The summed E-state index contributed by atoms with van der Waals surface area (Å²) in [5.41, 5.74) is 2.77. The van der Waals surface area contributed by atoms with Gasteiger partial charge in [-0.2, -0.15) is 0 Å². The Hall–Kier alpha value is -1.55. The first-order valence-corrected chi connectivity index (χ1v) is 4.76. The number of anilines is 1. The molecule has 0 saturated carbocycles. The highest BCUT2D eigenvalue weighted by Gasteiger charge is 2.05. The molecule has 0 aliphatic carbocycles. The van der Waals surface area contributed by atoms with Crippen molar-refractivity contribution in [2.75, 3.05) is 25.6 Å². The summed E-state index contributed by atoms with van der Waals surface area (Å²) in [5.74, 6) is -0.933. The summed E-state index contributed by atoms with van der Waals surface area (Å²) in [5, 5.41) is 11.1. The highest BCUT2D eigenvalue weighted by atomic mass is 16.5. The first kappa shape index (κ1) is 11.5. The van der Waals surface area contributed by atoms with Crippen LogP contribution in [-0.2, 0) is 16.0 Å². The summed E-state index contributed by atoms with van der Waals surface area (Å²) >= 11 is 0. The molecule has 0 amide bonds. The van der Waals surface area contributed by atoms with Gasteiger partial charge < -0.3 is 15.2 Å². The molecule has 2 N–H and O–H groups in total. The molecular formula is C11H15NO3. The number of hydrogen-bond donors (Lipinski definition) is 2. The lowest BCUT2D eigenvalue weighted by Gasteiger charge is -1.94. The number of carboxylic acids is 1. The van der Waals surface area contributed by atoms with Crippen LogP contribution in [0.2, 0.25) is 0 Å². The number of nitrogens with one attached hydrogen (secondary N) is 1. The summed E-state index contributed by atoms with van der Waals surface area (Å²) < 4.78 is 4.20. The molecule has 2 rings (SSSR count). The fourth-order valence-electron chi connectivity index (χ4n) is 1.37. The Balaban J connectivity index is 0.000000167. The van der Waals surface area contributed by atoms with Gasteiger partial charge in [0.1, 0.15) is 6.61 Å². The van der Waals surface area contributed by atoms with Crippen LogP contribution in [0.5, 0.6) is 0 Å². The Bertz CT molecular complexity index is 302. The Morgan fingerprint density at radius 2 is 2.27 bits per heavy atom. The summed E-state index contributed by atoms with van der Waals surface area (Å²) in [6.45, 7) is 0.902. The molecule has 82 valence electrons. The van der Waals surface area contributed by atoms with E-state index in [9.17, 15) is 4.79 Å². The van der Waals surface area contributed by atoms with Gasteiger partial charge in [0.2, 0.25) is 0 Å². The van der Waals surface area contributed by atoms with E-state index in [0.717, 1.165) is 6.54 Å². The minimum Gasteiger partial charge on any atom is -0.480 e. The zero-order valence-electron chi connectivity index (χ0n) is 8.69. The van der Waals surface area contributed by atoms with Gasteiger partial charge in [-0.15, -0.1) is 0 Å². The standard InChI is InChI=1S/C8H9N.C3H6O3/c1-2-4-8-7(3-1)5-6-9-8;1-6-2-3(4)5/h1-4,9H,5-6H2;2H2,1H3,(H,4,5). The molecule has 0 saturated heterocycles. The van der Waals surface area contributed by atoms with Crippen LogP contribution in [0, 0.1) is 0 Å². The molecule has 0 aromatic heterocycles. The Labute approximate surface area is 88.9 Å². The van der Waals surface area contributed by atoms with Gasteiger partial charge in [0.05, 0.1) is 0 Å². The number of hydrogen-bond acceptors (Lipinski definition) is 3. The zero-order chi connectivity index (χ0) is 11.1. The highest BCUT2D eigenvalue weighted by Crippen LogP contribution is 2.19. The van der Waals surface area contributed by atoms with Gasteiger partial charge in [-0.25, -0.2) is 4.79 Å². The van der Waals surface area contributed by atoms with Gasteiger partial charge in [-0.05, 0) is 18.1 Å². The lowest BCUT2D eigenvalue weighted by atomic mass is 10.2. The molecule has 4 heteroatoms. The van der Waals surface area contributed by atoms with Crippen LogP contribution in [0.25, 0.3) is 0 Å². The van der Waals surface area contributed by atoms with E-state index in [0.29, 0.717) is 0 Å². The summed E-state index contributed by atoms with van der Waals surface area (Å²) in [4.78, 5) is 9.47. The van der Waals surface area contributed by atoms with Crippen molar-refractivity contribution in [1.82, 2.24) is 0 Å². The second-order valence-electron chi connectivity index (χ2n) is 3.16. The lowest BCUT2D eigenvalue weighted by Crippen LogP contribution is -2.02. The van der Waals surface area contributed by atoms with Crippen LogP contribution < -0.4 is 5.32 Å². The molecule has 1 aliphatic heterocycles. The molecule has 15 heavy (non-hydrogen) atoms. The number of carboxylic acid groups (broad SMARTS) is 1. The number of fused-ring (bicyclic) bond motifs is 1. The molecule has 0 atom stereocenters. The Kier molecular flexibility index (Phi) is 4.63. The molecule has 0 spiro atoms. The molecule has 0 bridgehead atoms. The van der Waals surface area contributed by atoms with Crippen molar-refractivity contribution >= 4 is 11.7 Å². The number of methoxy groups -OCH3 is 1. The van der Waals surface area contributed by atoms with E-state index in [1.54, 1.807) is 0 Å². The zero-order valence-corrected chi connectivity index (χ0v) is 8.69. The van der Waals surface area contributed by atoms with E-state index < -0.39 is 5.97 Å². The minimum absolute atomic E-state index is 0.208. The van der Waals surface area contributed by atoms with Crippen molar-refractivity contribution in [3.63, 3.8) is 0 Å². The molecule has 0 fully saturated rings. The summed E-state index contributed by atoms with van der Waals surface area (Å²) in [6.07, 6.45) is 1.19. The van der Waals surface area contributed by atoms with Crippen molar-refractivity contribution < 1.29 is 14.6 Å². The van der Waals surface area contributed by atoms with Gasteiger partial charge >= 0.3 is 5.97 Å². The number of aliphatic carboxylic acids is 1. The first-order chi connectivity index (χ1) is 7.24. The third kappa shape index (κ3) is 3.99. The molecule has 1 aromatic rings. The topological polar surface area (TPSA) is 58.6 Å². The lowest BCUT2D eigenvalue weighted by molar-refractivity contribution is -0.141. The minimum atomic E-state index is -0.933. The average molecular weight is 209 g/mol. The normalized spacial score (nSPS) is 12.1. The van der Waals surface area contributed by atoms with Crippen molar-refractivity contribution in [2.24, 2.45) is 0 Å². The monoisotopic (exact) mass is 209 g/mol. The van der Waals surface area contributed by atoms with E-state index in [1.807, 2.05) is 0 Å². The van der Waals surface area contributed by atoms with Crippen molar-refractivity contribution in [2.45, 2.75) is 6.42 Å². The molecule has 1 heterocycles. The maximum absolute atomic E-state index is 9.47. The molecule has 1 aromatic carbocycles. The Morgan fingerprint density at radius 1 is 1.53 bits per heavy atom. The molecule has 0 unspecified atom stereocenters. The maximum Gasteiger partial charge on any atom is 0.329 e. The van der Waals surface area contributed by atoms with Crippen LogP contribution in [0.4, 0.5) is 5.69 Å². The van der Waals surface area contributed by atoms with E-state index in [4.69, 9.17) is 5.11 Å². The molecule has 4 nitrogen and oxygen atoms in total. The fourth-order valence-corrected chi connectivity index (χ4v) is 1.37. The number of ether oxygens (including phenoxy) is 1. The van der Waals surface area contributed by atoms with Crippen LogP contribution in [-0.4, -0.2) is 31.3 Å². The predicted molar refractivity (Wildman–Crippen MR) is 58.1 cm³/mol. The third-order valence-electron chi connectivity index (χ3n) is 1.99. The SMILES string of the molecule is COCC(=O)O.c1ccc2c(c1)CCN2. The number of para-hydroxylation sites is 1. The maximum atomic E-state index is 9.47. The van der Waals surface area contributed by atoms with Crippen molar-refractivity contribution in [3.05, 3.63) is 29.8 Å². The van der Waals surface area contributed by atoms with Gasteiger partial charge in [-0.1, -0.05) is 18.2 Å². The number of benzene rings is 1. The average Bonchev–Trinajstić information content (AvgIpc) is 2.65. The third-order valence-corrected chi connectivity index (χ3v) is 1.99. The quantitative estimate of drug-likeness (QED) is 0.772. The largest absolute Gasteiger partial charge is 0.480 e. The van der Waals surface area contributed by atoms with Gasteiger partial charge in [-0.3, -0.25) is 0 Å². The van der Waals surface area contributed by atoms with Crippen LogP contribution in [0.15, 0.2) is 24.3 Å². The Morgan fingerprint density at radius 3 is 2.80 bits per heavy atom. The smallest absolute Gasteiger partial charge is 0.329 e.